The molecule has 1 aliphatic rings. The first-order valence-electron chi connectivity index (χ1n) is 5.84. The second-order valence-electron chi connectivity index (χ2n) is 4.28. The number of ether oxygens (including phenoxy) is 1. The lowest BCUT2D eigenvalue weighted by molar-refractivity contribution is 0.357. The number of benzene rings is 1. The molecule has 0 spiro atoms. The van der Waals surface area contributed by atoms with Crippen molar-refractivity contribution < 1.29 is 4.74 Å². The predicted octanol–water partition coefficient (Wildman–Crippen LogP) is 3.32. The lowest BCUT2D eigenvalue weighted by atomic mass is 10.0. The Hall–Kier alpha value is -1.43. The van der Waals surface area contributed by atoms with Crippen molar-refractivity contribution in [3.63, 3.8) is 0 Å². The van der Waals surface area contributed by atoms with Gasteiger partial charge in [0, 0.05) is 22.9 Å². The standard InChI is InChI=1S/C13H9Cl2N3OS/c14-8-4-9(15)12-7(1-2-19-12)11(8)10-3-6(5-20)17-13(16)18-10/h3-5H,1-2H2,(H2,16,17,18). The monoisotopic (exact) mass is 325 g/mol. The van der Waals surface area contributed by atoms with Gasteiger partial charge in [0.25, 0.3) is 0 Å². The summed E-state index contributed by atoms with van der Waals surface area (Å²) in [5.41, 5.74) is 8.62. The van der Waals surface area contributed by atoms with Crippen LogP contribution in [0.5, 0.6) is 5.75 Å². The molecule has 20 heavy (non-hydrogen) atoms. The van der Waals surface area contributed by atoms with Gasteiger partial charge in [-0.05, 0) is 12.1 Å². The topological polar surface area (TPSA) is 61.0 Å². The molecule has 0 radical (unpaired) electrons. The SMILES string of the molecule is Nc1nc(C=S)cc(-c2c(Cl)cc(Cl)c3c2CCO3)n1. The molecule has 2 heterocycles. The zero-order valence-electron chi connectivity index (χ0n) is 10.2. The summed E-state index contributed by atoms with van der Waals surface area (Å²) in [6.45, 7) is 0.572. The van der Waals surface area contributed by atoms with E-state index in [4.69, 9.17) is 45.9 Å². The Morgan fingerprint density at radius 2 is 2.05 bits per heavy atom. The van der Waals surface area contributed by atoms with E-state index in [2.05, 4.69) is 9.97 Å². The second kappa shape index (κ2) is 5.16. The highest BCUT2D eigenvalue weighted by atomic mass is 35.5. The number of hydrogen-bond donors (Lipinski definition) is 1. The first-order chi connectivity index (χ1) is 9.60. The van der Waals surface area contributed by atoms with Crippen molar-refractivity contribution in [3.05, 3.63) is 33.4 Å². The van der Waals surface area contributed by atoms with E-state index in [-0.39, 0.29) is 5.95 Å². The van der Waals surface area contributed by atoms with E-state index in [1.807, 2.05) is 0 Å². The summed E-state index contributed by atoms with van der Waals surface area (Å²) in [4.78, 5) is 8.26. The van der Waals surface area contributed by atoms with Crippen LogP contribution in [0.3, 0.4) is 0 Å². The van der Waals surface area contributed by atoms with E-state index in [1.165, 1.54) is 5.37 Å². The number of thiocarbonyl (C=S) groups is 1. The molecule has 102 valence electrons. The maximum absolute atomic E-state index is 6.32. The number of nitrogen functional groups attached to an aromatic ring is 1. The summed E-state index contributed by atoms with van der Waals surface area (Å²) >= 11 is 17.3. The Labute approximate surface area is 130 Å². The molecule has 2 aromatic rings. The van der Waals surface area contributed by atoms with E-state index < -0.39 is 0 Å². The number of rotatable bonds is 2. The fourth-order valence-corrected chi connectivity index (χ4v) is 3.03. The molecule has 0 bridgehead atoms. The van der Waals surface area contributed by atoms with Crippen LogP contribution < -0.4 is 10.5 Å². The zero-order valence-corrected chi connectivity index (χ0v) is 12.5. The highest BCUT2D eigenvalue weighted by molar-refractivity contribution is 7.79. The Kier molecular flexibility index (Phi) is 3.50. The smallest absolute Gasteiger partial charge is 0.221 e. The van der Waals surface area contributed by atoms with Crippen LogP contribution in [0.1, 0.15) is 11.3 Å². The van der Waals surface area contributed by atoms with Crippen molar-refractivity contribution in [2.45, 2.75) is 6.42 Å². The summed E-state index contributed by atoms with van der Waals surface area (Å²) < 4.78 is 5.54. The summed E-state index contributed by atoms with van der Waals surface area (Å²) in [6, 6.07) is 3.40. The van der Waals surface area contributed by atoms with Crippen LogP contribution in [0.2, 0.25) is 10.0 Å². The average molecular weight is 326 g/mol. The Balaban J connectivity index is 2.28. The normalized spacial score (nSPS) is 12.9. The number of nitrogens with two attached hydrogens (primary N) is 1. The quantitative estimate of drug-likeness (QED) is 0.858. The Bertz CT molecular complexity index is 721. The van der Waals surface area contributed by atoms with E-state index in [1.54, 1.807) is 12.1 Å². The summed E-state index contributed by atoms with van der Waals surface area (Å²) in [5.74, 6) is 0.810. The van der Waals surface area contributed by atoms with E-state index >= 15 is 0 Å². The molecule has 0 aliphatic carbocycles. The van der Waals surface area contributed by atoms with Crippen LogP contribution in [0.4, 0.5) is 5.95 Å². The predicted molar refractivity (Wildman–Crippen MR) is 83.9 cm³/mol. The van der Waals surface area contributed by atoms with Crippen LogP contribution >= 0.6 is 35.4 Å². The van der Waals surface area contributed by atoms with E-state index in [0.717, 1.165) is 17.5 Å². The molecule has 3 rings (SSSR count). The minimum absolute atomic E-state index is 0.150. The van der Waals surface area contributed by atoms with Gasteiger partial charge in [0.2, 0.25) is 5.95 Å². The van der Waals surface area contributed by atoms with Gasteiger partial charge in [-0.1, -0.05) is 35.4 Å². The van der Waals surface area contributed by atoms with Crippen molar-refractivity contribution in [2.24, 2.45) is 0 Å². The molecule has 7 heteroatoms. The van der Waals surface area contributed by atoms with Gasteiger partial charge in [0.1, 0.15) is 5.75 Å². The van der Waals surface area contributed by atoms with Crippen LogP contribution in [-0.4, -0.2) is 21.9 Å². The summed E-state index contributed by atoms with van der Waals surface area (Å²) in [6.07, 6.45) is 0.724. The first-order valence-corrected chi connectivity index (χ1v) is 7.06. The molecule has 4 nitrogen and oxygen atoms in total. The van der Waals surface area contributed by atoms with Gasteiger partial charge in [-0.2, -0.15) is 0 Å². The van der Waals surface area contributed by atoms with Crippen LogP contribution in [-0.2, 0) is 6.42 Å². The molecule has 2 N–H and O–H groups in total. The number of halogens is 2. The van der Waals surface area contributed by atoms with Gasteiger partial charge in [-0.3, -0.25) is 0 Å². The largest absolute Gasteiger partial charge is 0.491 e. The third-order valence-electron chi connectivity index (χ3n) is 3.02. The Morgan fingerprint density at radius 3 is 2.80 bits per heavy atom. The van der Waals surface area contributed by atoms with Crippen LogP contribution in [0.25, 0.3) is 11.3 Å². The van der Waals surface area contributed by atoms with E-state index in [9.17, 15) is 0 Å². The summed E-state index contributed by atoms with van der Waals surface area (Å²) in [5, 5.41) is 2.46. The van der Waals surface area contributed by atoms with Crippen LogP contribution in [0.15, 0.2) is 12.1 Å². The lowest BCUT2D eigenvalue weighted by Crippen LogP contribution is -2.01. The zero-order chi connectivity index (χ0) is 14.3. The number of hydrogen-bond acceptors (Lipinski definition) is 5. The molecule has 1 aromatic heterocycles. The fraction of sp³-hybridized carbons (Fsp3) is 0.154. The highest BCUT2D eigenvalue weighted by Gasteiger charge is 2.24. The lowest BCUT2D eigenvalue weighted by Gasteiger charge is -2.11. The molecule has 0 atom stereocenters. The third-order valence-corrected chi connectivity index (χ3v) is 3.84. The minimum Gasteiger partial charge on any atom is -0.491 e. The molecule has 0 fully saturated rings. The molecule has 1 aliphatic heterocycles. The number of nitrogens with zero attached hydrogens (tertiary/aromatic N) is 2. The number of anilines is 1. The molecular weight excluding hydrogens is 317 g/mol. The first kappa shape index (κ1) is 13.5. The third kappa shape index (κ3) is 2.22. The molecule has 0 unspecified atom stereocenters. The van der Waals surface area contributed by atoms with Crippen molar-refractivity contribution in [2.75, 3.05) is 12.3 Å². The molecular formula is C13H9Cl2N3OS. The van der Waals surface area contributed by atoms with Gasteiger partial charge in [-0.25, -0.2) is 9.97 Å². The van der Waals surface area contributed by atoms with Gasteiger partial charge in [0.05, 0.1) is 28.0 Å². The van der Waals surface area contributed by atoms with Crippen molar-refractivity contribution in [3.8, 4) is 17.0 Å². The fourth-order valence-electron chi connectivity index (χ4n) is 2.25. The van der Waals surface area contributed by atoms with Crippen molar-refractivity contribution in [1.82, 2.24) is 9.97 Å². The Morgan fingerprint density at radius 1 is 1.25 bits per heavy atom. The van der Waals surface area contributed by atoms with E-state index in [0.29, 0.717) is 33.8 Å². The van der Waals surface area contributed by atoms with Gasteiger partial charge >= 0.3 is 0 Å². The van der Waals surface area contributed by atoms with Gasteiger partial charge in [0.15, 0.2) is 0 Å². The summed E-state index contributed by atoms with van der Waals surface area (Å²) in [7, 11) is 0. The average Bonchev–Trinajstić information content (AvgIpc) is 2.87. The molecule has 1 aromatic carbocycles. The van der Waals surface area contributed by atoms with Crippen molar-refractivity contribution >= 4 is 46.7 Å². The minimum atomic E-state index is 0.150. The molecule has 0 saturated heterocycles. The molecule has 0 amide bonds. The second-order valence-corrected chi connectivity index (χ2v) is 5.33. The number of fused-ring (bicyclic) bond motifs is 1. The number of aromatic nitrogens is 2. The van der Waals surface area contributed by atoms with Crippen molar-refractivity contribution in [1.29, 1.82) is 0 Å². The maximum atomic E-state index is 6.32. The van der Waals surface area contributed by atoms with Crippen LogP contribution in [0, 0.1) is 0 Å². The van der Waals surface area contributed by atoms with Gasteiger partial charge < -0.3 is 10.5 Å². The van der Waals surface area contributed by atoms with Gasteiger partial charge in [-0.15, -0.1) is 0 Å². The maximum Gasteiger partial charge on any atom is 0.221 e. The highest BCUT2D eigenvalue weighted by Crippen LogP contribution is 2.44. The molecule has 0 saturated carbocycles.